The highest BCUT2D eigenvalue weighted by Crippen LogP contribution is 2.22. The average Bonchev–Trinajstić information content (AvgIpc) is 3.13. The van der Waals surface area contributed by atoms with Crippen molar-refractivity contribution in [3.05, 3.63) is 59.4 Å². The van der Waals surface area contributed by atoms with Gasteiger partial charge in [-0.05, 0) is 62.2 Å². The van der Waals surface area contributed by atoms with Crippen LogP contribution in [0.2, 0.25) is 0 Å². The number of hydrogen-bond donors (Lipinski definition) is 3. The number of rotatable bonds is 6. The van der Waals surface area contributed by atoms with Gasteiger partial charge in [-0.3, -0.25) is 9.52 Å². The number of carbonyl (C=O) groups excluding carboxylic acids is 1. The third-order valence-electron chi connectivity index (χ3n) is 4.51. The van der Waals surface area contributed by atoms with Crippen LogP contribution in [0, 0.1) is 12.7 Å². The summed E-state index contributed by atoms with van der Waals surface area (Å²) < 4.78 is 41.1. The highest BCUT2D eigenvalue weighted by molar-refractivity contribution is 7.92. The number of sulfonamides is 1. The average molecular weight is 428 g/mol. The Labute approximate surface area is 170 Å². The molecule has 1 saturated heterocycles. The summed E-state index contributed by atoms with van der Waals surface area (Å²) in [6.07, 6.45) is 2.08. The molecule has 0 aliphatic carbocycles. The Balaban J connectivity index is 0.00000280. The van der Waals surface area contributed by atoms with Crippen molar-refractivity contribution in [1.29, 1.82) is 0 Å². The molecule has 1 atom stereocenters. The first-order chi connectivity index (χ1) is 12.9. The topological polar surface area (TPSA) is 87.3 Å². The lowest BCUT2D eigenvalue weighted by Gasteiger charge is -2.15. The molecule has 152 valence electrons. The largest absolute Gasteiger partial charge is 0.350 e. The summed E-state index contributed by atoms with van der Waals surface area (Å²) in [7, 11) is -3.96. The molecule has 9 heteroatoms. The zero-order valence-corrected chi connectivity index (χ0v) is 17.0. The van der Waals surface area contributed by atoms with E-state index in [1.54, 1.807) is 18.2 Å². The zero-order valence-electron chi connectivity index (χ0n) is 15.4. The Morgan fingerprint density at radius 3 is 2.68 bits per heavy atom. The summed E-state index contributed by atoms with van der Waals surface area (Å²) in [5.74, 6) is -0.857. The normalized spacial score (nSPS) is 16.3. The first-order valence-corrected chi connectivity index (χ1v) is 10.2. The molecular formula is C19H23ClFN3O3S. The molecule has 1 unspecified atom stereocenters. The Kier molecular flexibility index (Phi) is 7.40. The van der Waals surface area contributed by atoms with E-state index in [0.717, 1.165) is 31.5 Å². The van der Waals surface area contributed by atoms with Crippen LogP contribution in [0.3, 0.4) is 0 Å². The maximum absolute atomic E-state index is 13.3. The standard InChI is InChI=1S/C19H22FN3O3S.ClH/c1-13-11-14(20)8-9-18(13)27(25,26)23-17-7-3-2-6-16(17)19(24)22-12-15-5-4-10-21-15;/h2-3,6-9,11,15,21,23H,4-5,10,12H2,1H3,(H,22,24);1H. The van der Waals surface area contributed by atoms with Crippen molar-refractivity contribution < 1.29 is 17.6 Å². The molecule has 6 nitrogen and oxygen atoms in total. The number of halogens is 2. The summed E-state index contributed by atoms with van der Waals surface area (Å²) >= 11 is 0. The lowest BCUT2D eigenvalue weighted by atomic mass is 10.1. The molecule has 2 aromatic rings. The monoisotopic (exact) mass is 427 g/mol. The Morgan fingerprint density at radius 2 is 2.00 bits per heavy atom. The summed E-state index contributed by atoms with van der Waals surface area (Å²) in [6.45, 7) is 2.94. The maximum atomic E-state index is 13.3. The molecule has 2 aromatic carbocycles. The third kappa shape index (κ3) is 5.21. The van der Waals surface area contributed by atoms with E-state index >= 15 is 0 Å². The van der Waals surface area contributed by atoms with Crippen molar-refractivity contribution in [2.75, 3.05) is 17.8 Å². The van der Waals surface area contributed by atoms with Gasteiger partial charge >= 0.3 is 0 Å². The predicted molar refractivity (Wildman–Crippen MR) is 109 cm³/mol. The molecule has 0 spiro atoms. The molecule has 1 heterocycles. The van der Waals surface area contributed by atoms with Gasteiger partial charge in [-0.2, -0.15) is 0 Å². The van der Waals surface area contributed by atoms with Gasteiger partial charge in [0, 0.05) is 12.6 Å². The fourth-order valence-corrected chi connectivity index (χ4v) is 4.43. The SMILES string of the molecule is Cc1cc(F)ccc1S(=O)(=O)Nc1ccccc1C(=O)NCC1CCCN1.Cl. The quantitative estimate of drug-likeness (QED) is 0.661. The van der Waals surface area contributed by atoms with Crippen LogP contribution in [0.5, 0.6) is 0 Å². The lowest BCUT2D eigenvalue weighted by Crippen LogP contribution is -2.37. The van der Waals surface area contributed by atoms with Crippen molar-refractivity contribution in [2.24, 2.45) is 0 Å². The maximum Gasteiger partial charge on any atom is 0.262 e. The molecule has 0 radical (unpaired) electrons. The van der Waals surface area contributed by atoms with Crippen LogP contribution < -0.4 is 15.4 Å². The van der Waals surface area contributed by atoms with E-state index in [-0.39, 0.29) is 46.1 Å². The third-order valence-corrected chi connectivity index (χ3v) is 6.04. The highest BCUT2D eigenvalue weighted by atomic mass is 35.5. The smallest absolute Gasteiger partial charge is 0.262 e. The number of nitrogens with one attached hydrogen (secondary N) is 3. The number of aryl methyl sites for hydroxylation is 1. The van der Waals surface area contributed by atoms with E-state index in [0.29, 0.717) is 6.54 Å². The highest BCUT2D eigenvalue weighted by Gasteiger charge is 2.21. The summed E-state index contributed by atoms with van der Waals surface area (Å²) in [5, 5.41) is 6.13. The van der Waals surface area contributed by atoms with E-state index in [1.807, 2.05) is 0 Å². The second kappa shape index (κ2) is 9.36. The minimum absolute atomic E-state index is 0. The molecule has 0 saturated carbocycles. The van der Waals surface area contributed by atoms with Gasteiger partial charge in [0.25, 0.3) is 15.9 Å². The van der Waals surface area contributed by atoms with Crippen LogP contribution in [-0.2, 0) is 10.0 Å². The van der Waals surface area contributed by atoms with Crippen molar-refractivity contribution in [1.82, 2.24) is 10.6 Å². The van der Waals surface area contributed by atoms with Gasteiger partial charge in [0.2, 0.25) is 0 Å². The van der Waals surface area contributed by atoms with Gasteiger partial charge in [0.05, 0.1) is 16.1 Å². The van der Waals surface area contributed by atoms with Crippen LogP contribution in [0.15, 0.2) is 47.4 Å². The number of amides is 1. The fraction of sp³-hybridized carbons (Fsp3) is 0.316. The van der Waals surface area contributed by atoms with E-state index in [2.05, 4.69) is 15.4 Å². The van der Waals surface area contributed by atoms with Gasteiger partial charge in [-0.25, -0.2) is 12.8 Å². The summed E-state index contributed by atoms with van der Waals surface area (Å²) in [5.41, 5.74) is 0.702. The van der Waals surface area contributed by atoms with Gasteiger partial charge < -0.3 is 10.6 Å². The molecule has 0 bridgehead atoms. The fourth-order valence-electron chi connectivity index (χ4n) is 3.13. The molecule has 3 rings (SSSR count). The lowest BCUT2D eigenvalue weighted by molar-refractivity contribution is 0.0951. The van der Waals surface area contributed by atoms with Gasteiger partial charge in [-0.1, -0.05) is 12.1 Å². The predicted octanol–water partition coefficient (Wildman–Crippen LogP) is 2.84. The van der Waals surface area contributed by atoms with Crippen LogP contribution in [0.25, 0.3) is 0 Å². The number of benzene rings is 2. The van der Waals surface area contributed by atoms with Gasteiger partial charge in [0.1, 0.15) is 5.82 Å². The summed E-state index contributed by atoms with van der Waals surface area (Å²) in [4.78, 5) is 12.5. The van der Waals surface area contributed by atoms with E-state index in [4.69, 9.17) is 0 Å². The second-order valence-corrected chi connectivity index (χ2v) is 8.22. The molecule has 1 aliphatic rings. The van der Waals surface area contributed by atoms with Crippen LogP contribution in [-0.4, -0.2) is 33.5 Å². The Hall–Kier alpha value is -2.16. The molecule has 3 N–H and O–H groups in total. The van der Waals surface area contributed by atoms with Crippen LogP contribution in [0.4, 0.5) is 10.1 Å². The second-order valence-electron chi connectivity index (χ2n) is 6.56. The first kappa shape index (κ1) is 22.1. The number of para-hydroxylation sites is 1. The van der Waals surface area contributed by atoms with Crippen molar-refractivity contribution in [2.45, 2.75) is 30.7 Å². The van der Waals surface area contributed by atoms with Crippen molar-refractivity contribution in [3.63, 3.8) is 0 Å². The molecule has 1 aliphatic heterocycles. The number of anilines is 1. The Bertz CT molecular complexity index is 947. The molecule has 0 aromatic heterocycles. The minimum Gasteiger partial charge on any atom is -0.350 e. The molecule has 1 amide bonds. The van der Waals surface area contributed by atoms with E-state index in [1.165, 1.54) is 19.1 Å². The van der Waals surface area contributed by atoms with Gasteiger partial charge in [0.15, 0.2) is 0 Å². The minimum atomic E-state index is -3.96. The van der Waals surface area contributed by atoms with E-state index in [9.17, 15) is 17.6 Å². The van der Waals surface area contributed by atoms with E-state index < -0.39 is 15.8 Å². The number of carbonyl (C=O) groups is 1. The van der Waals surface area contributed by atoms with Crippen LogP contribution in [0.1, 0.15) is 28.8 Å². The zero-order chi connectivity index (χ0) is 19.4. The summed E-state index contributed by atoms with van der Waals surface area (Å²) in [6, 6.07) is 10.1. The molecule has 28 heavy (non-hydrogen) atoms. The van der Waals surface area contributed by atoms with Crippen LogP contribution >= 0.6 is 12.4 Å². The Morgan fingerprint density at radius 1 is 1.25 bits per heavy atom. The molecular weight excluding hydrogens is 405 g/mol. The number of hydrogen-bond acceptors (Lipinski definition) is 4. The molecule has 1 fully saturated rings. The first-order valence-electron chi connectivity index (χ1n) is 8.76. The van der Waals surface area contributed by atoms with Crippen molar-refractivity contribution >= 4 is 34.0 Å². The van der Waals surface area contributed by atoms with Crippen molar-refractivity contribution in [3.8, 4) is 0 Å². The van der Waals surface area contributed by atoms with Gasteiger partial charge in [-0.15, -0.1) is 12.4 Å².